The monoisotopic (exact) mass is 249 g/mol. The Labute approximate surface area is 102 Å². The van der Waals surface area contributed by atoms with Crippen molar-refractivity contribution in [3.63, 3.8) is 0 Å². The zero-order valence-corrected chi connectivity index (χ0v) is 9.35. The first-order valence-electron chi connectivity index (χ1n) is 4.74. The summed E-state index contributed by atoms with van der Waals surface area (Å²) in [5.41, 5.74) is 0.0873. The van der Waals surface area contributed by atoms with Crippen molar-refractivity contribution in [3.8, 4) is 0 Å². The van der Waals surface area contributed by atoms with Crippen LogP contribution in [0.2, 0.25) is 5.02 Å². The number of rotatable bonds is 3. The van der Waals surface area contributed by atoms with E-state index in [9.17, 15) is 4.79 Å². The molecule has 6 heteroatoms. The maximum absolute atomic E-state index is 10.9. The second-order valence-corrected chi connectivity index (χ2v) is 3.63. The Bertz CT molecular complexity index is 543. The minimum atomic E-state index is -1.05. The average Bonchev–Trinajstić information content (AvgIpc) is 2.32. The average molecular weight is 250 g/mol. The van der Waals surface area contributed by atoms with Gasteiger partial charge in [-0.2, -0.15) is 0 Å². The van der Waals surface area contributed by atoms with Crippen molar-refractivity contribution < 1.29 is 9.90 Å². The highest BCUT2D eigenvalue weighted by Crippen LogP contribution is 2.17. The summed E-state index contributed by atoms with van der Waals surface area (Å²) in [5.74, 6) is -0.319. The number of hydrogen-bond donors (Lipinski definition) is 2. The molecule has 2 rings (SSSR count). The van der Waals surface area contributed by atoms with Crippen LogP contribution in [0.1, 0.15) is 10.4 Å². The number of carbonyl (C=O) groups is 1. The van der Waals surface area contributed by atoms with E-state index in [0.29, 0.717) is 10.8 Å². The van der Waals surface area contributed by atoms with Gasteiger partial charge in [0.25, 0.3) is 0 Å². The zero-order chi connectivity index (χ0) is 12.3. The standard InChI is InChI=1S/C11H8ClN3O2/c12-7-3-4-9(14-6-7)15-10-8(11(16)17)2-1-5-13-10/h1-6H,(H,16,17)(H,13,14,15). The molecule has 0 saturated carbocycles. The van der Waals surface area contributed by atoms with Gasteiger partial charge in [-0.1, -0.05) is 11.6 Å². The highest BCUT2D eigenvalue weighted by molar-refractivity contribution is 6.30. The number of nitrogens with one attached hydrogen (secondary N) is 1. The lowest BCUT2D eigenvalue weighted by Crippen LogP contribution is -2.05. The van der Waals surface area contributed by atoms with Crippen molar-refractivity contribution in [2.45, 2.75) is 0 Å². The fraction of sp³-hybridized carbons (Fsp3) is 0. The molecule has 0 aliphatic rings. The molecule has 5 nitrogen and oxygen atoms in total. The van der Waals surface area contributed by atoms with Crippen molar-refractivity contribution in [1.82, 2.24) is 9.97 Å². The van der Waals surface area contributed by atoms with Crippen LogP contribution in [0, 0.1) is 0 Å². The van der Waals surface area contributed by atoms with Gasteiger partial charge in [-0.05, 0) is 24.3 Å². The smallest absolute Gasteiger partial charge is 0.339 e. The number of pyridine rings is 2. The van der Waals surface area contributed by atoms with Gasteiger partial charge in [0.2, 0.25) is 0 Å². The van der Waals surface area contributed by atoms with Gasteiger partial charge in [0.1, 0.15) is 17.2 Å². The van der Waals surface area contributed by atoms with E-state index in [0.717, 1.165) is 0 Å². The van der Waals surface area contributed by atoms with Gasteiger partial charge < -0.3 is 10.4 Å². The molecule has 0 saturated heterocycles. The number of aromatic nitrogens is 2. The van der Waals surface area contributed by atoms with Crippen LogP contribution < -0.4 is 5.32 Å². The predicted molar refractivity (Wildman–Crippen MR) is 63.7 cm³/mol. The molecule has 0 aliphatic carbocycles. The summed E-state index contributed by atoms with van der Waals surface area (Å²) in [6, 6.07) is 6.32. The van der Waals surface area contributed by atoms with Gasteiger partial charge in [0.05, 0.1) is 5.02 Å². The summed E-state index contributed by atoms with van der Waals surface area (Å²) >= 11 is 5.70. The van der Waals surface area contributed by atoms with Gasteiger partial charge in [0, 0.05) is 12.4 Å². The Balaban J connectivity index is 2.30. The van der Waals surface area contributed by atoms with Crippen LogP contribution in [0.4, 0.5) is 11.6 Å². The lowest BCUT2D eigenvalue weighted by molar-refractivity contribution is 0.0697. The Morgan fingerprint density at radius 3 is 2.76 bits per heavy atom. The fourth-order valence-corrected chi connectivity index (χ4v) is 1.36. The third-order valence-electron chi connectivity index (χ3n) is 2.01. The number of carboxylic acids is 1. The molecular weight excluding hydrogens is 242 g/mol. The first-order chi connectivity index (χ1) is 8.16. The van der Waals surface area contributed by atoms with Crippen LogP contribution in [0.25, 0.3) is 0 Å². The van der Waals surface area contributed by atoms with Gasteiger partial charge >= 0.3 is 5.97 Å². The van der Waals surface area contributed by atoms with Crippen molar-refractivity contribution in [1.29, 1.82) is 0 Å². The summed E-state index contributed by atoms with van der Waals surface area (Å²) in [6.07, 6.45) is 2.97. The molecule has 2 heterocycles. The van der Waals surface area contributed by atoms with Gasteiger partial charge in [-0.15, -0.1) is 0 Å². The number of carboxylic acid groups (broad SMARTS) is 1. The first-order valence-corrected chi connectivity index (χ1v) is 5.11. The van der Waals surface area contributed by atoms with Gasteiger partial charge in [-0.3, -0.25) is 0 Å². The summed E-state index contributed by atoms with van der Waals surface area (Å²) in [7, 11) is 0. The minimum absolute atomic E-state index is 0.0873. The molecule has 0 aromatic carbocycles. The number of hydrogen-bond acceptors (Lipinski definition) is 4. The molecule has 0 unspecified atom stereocenters. The molecule has 0 bridgehead atoms. The van der Waals surface area contributed by atoms with E-state index in [2.05, 4.69) is 15.3 Å². The van der Waals surface area contributed by atoms with Gasteiger partial charge in [-0.25, -0.2) is 14.8 Å². The van der Waals surface area contributed by atoms with E-state index in [-0.39, 0.29) is 11.4 Å². The molecule has 2 aromatic heterocycles. The molecule has 2 aromatic rings. The third kappa shape index (κ3) is 2.70. The fourth-order valence-electron chi connectivity index (χ4n) is 1.25. The van der Waals surface area contributed by atoms with E-state index < -0.39 is 5.97 Å². The molecule has 86 valence electrons. The zero-order valence-electron chi connectivity index (χ0n) is 8.59. The lowest BCUT2D eigenvalue weighted by atomic mass is 10.2. The van der Waals surface area contributed by atoms with Gasteiger partial charge in [0.15, 0.2) is 0 Å². The summed E-state index contributed by atoms with van der Waals surface area (Å²) < 4.78 is 0. The van der Waals surface area contributed by atoms with Crippen molar-refractivity contribution >= 4 is 29.2 Å². The molecule has 17 heavy (non-hydrogen) atoms. The van der Waals surface area contributed by atoms with E-state index in [1.54, 1.807) is 18.2 Å². The molecule has 2 N–H and O–H groups in total. The van der Waals surface area contributed by atoms with Crippen molar-refractivity contribution in [3.05, 3.63) is 47.2 Å². The number of anilines is 2. The largest absolute Gasteiger partial charge is 0.478 e. The predicted octanol–water partition coefficient (Wildman–Crippen LogP) is 2.57. The second-order valence-electron chi connectivity index (χ2n) is 3.19. The topological polar surface area (TPSA) is 75.1 Å². The summed E-state index contributed by atoms with van der Waals surface area (Å²) in [5, 5.41) is 12.3. The molecule has 0 spiro atoms. The maximum atomic E-state index is 10.9. The third-order valence-corrected chi connectivity index (χ3v) is 2.24. The van der Waals surface area contributed by atoms with Crippen LogP contribution in [-0.4, -0.2) is 21.0 Å². The van der Waals surface area contributed by atoms with Crippen molar-refractivity contribution in [2.75, 3.05) is 5.32 Å². The SMILES string of the molecule is O=C(O)c1cccnc1Nc1ccc(Cl)cn1. The van der Waals surface area contributed by atoms with E-state index in [4.69, 9.17) is 16.7 Å². The van der Waals surface area contributed by atoms with Crippen molar-refractivity contribution in [2.24, 2.45) is 0 Å². The highest BCUT2D eigenvalue weighted by Gasteiger charge is 2.10. The van der Waals surface area contributed by atoms with Crippen LogP contribution in [-0.2, 0) is 0 Å². The number of halogens is 1. The molecule has 0 atom stereocenters. The van der Waals surface area contributed by atoms with Crippen LogP contribution in [0.3, 0.4) is 0 Å². The summed E-state index contributed by atoms with van der Waals surface area (Å²) in [4.78, 5) is 18.9. The highest BCUT2D eigenvalue weighted by atomic mass is 35.5. The van der Waals surface area contributed by atoms with Crippen LogP contribution in [0.5, 0.6) is 0 Å². The summed E-state index contributed by atoms with van der Waals surface area (Å²) in [6.45, 7) is 0. The molecule has 0 aliphatic heterocycles. The van der Waals surface area contributed by atoms with E-state index in [1.807, 2.05) is 0 Å². The first kappa shape index (κ1) is 11.3. The quantitative estimate of drug-likeness (QED) is 0.874. The lowest BCUT2D eigenvalue weighted by Gasteiger charge is -2.06. The Morgan fingerprint density at radius 2 is 2.12 bits per heavy atom. The number of aromatic carboxylic acids is 1. The van der Waals surface area contributed by atoms with Crippen LogP contribution in [0.15, 0.2) is 36.7 Å². The molecular formula is C11H8ClN3O2. The van der Waals surface area contributed by atoms with E-state index in [1.165, 1.54) is 18.5 Å². The Kier molecular flexibility index (Phi) is 3.20. The van der Waals surface area contributed by atoms with E-state index >= 15 is 0 Å². The second kappa shape index (κ2) is 4.80. The van der Waals surface area contributed by atoms with Crippen LogP contribution >= 0.6 is 11.6 Å². The molecule has 0 fully saturated rings. The molecule has 0 radical (unpaired) electrons. The minimum Gasteiger partial charge on any atom is -0.478 e. The normalized spacial score (nSPS) is 9.94. The Hall–Kier alpha value is -2.14. The Morgan fingerprint density at radius 1 is 1.29 bits per heavy atom. The maximum Gasteiger partial charge on any atom is 0.339 e. The molecule has 0 amide bonds. The number of nitrogens with zero attached hydrogens (tertiary/aromatic N) is 2.